The standard InChI is InChI=1S/C12H12FN3O2/c1-8-6-9(13)2-3-10(8)12(17)14-5-4-11-15-7-16-18-11/h2-3,6-7H,4-5H2,1H3,(H,14,17). The first-order valence-electron chi connectivity index (χ1n) is 5.46. The molecule has 5 nitrogen and oxygen atoms in total. The van der Waals surface area contributed by atoms with Crippen molar-refractivity contribution >= 4 is 5.91 Å². The molecule has 2 aromatic rings. The molecule has 0 saturated heterocycles. The molecule has 0 aliphatic carbocycles. The molecule has 1 amide bonds. The summed E-state index contributed by atoms with van der Waals surface area (Å²) in [5.74, 6) is -0.131. The van der Waals surface area contributed by atoms with Crippen molar-refractivity contribution in [3.05, 3.63) is 47.4 Å². The number of hydrogen-bond acceptors (Lipinski definition) is 4. The molecule has 1 aromatic heterocycles. The average Bonchev–Trinajstić information content (AvgIpc) is 2.81. The van der Waals surface area contributed by atoms with Gasteiger partial charge in [-0.05, 0) is 30.7 Å². The van der Waals surface area contributed by atoms with E-state index in [-0.39, 0.29) is 11.7 Å². The molecule has 0 atom stereocenters. The number of nitrogens with one attached hydrogen (secondary N) is 1. The summed E-state index contributed by atoms with van der Waals surface area (Å²) in [5, 5.41) is 6.17. The SMILES string of the molecule is Cc1cc(F)ccc1C(=O)NCCc1ncno1. The molecule has 0 aliphatic heterocycles. The van der Waals surface area contributed by atoms with Crippen LogP contribution in [-0.2, 0) is 6.42 Å². The van der Waals surface area contributed by atoms with Crippen LogP contribution in [0.1, 0.15) is 21.8 Å². The number of benzene rings is 1. The molecule has 18 heavy (non-hydrogen) atoms. The highest BCUT2D eigenvalue weighted by atomic mass is 19.1. The normalized spacial score (nSPS) is 10.3. The third-order valence-electron chi connectivity index (χ3n) is 2.46. The molecule has 1 aromatic carbocycles. The molecule has 1 N–H and O–H groups in total. The van der Waals surface area contributed by atoms with Gasteiger partial charge in [0.25, 0.3) is 5.91 Å². The van der Waals surface area contributed by atoms with Gasteiger partial charge in [-0.15, -0.1) is 0 Å². The maximum Gasteiger partial charge on any atom is 0.251 e. The third-order valence-corrected chi connectivity index (χ3v) is 2.46. The van der Waals surface area contributed by atoms with Crippen LogP contribution in [0.15, 0.2) is 29.0 Å². The van der Waals surface area contributed by atoms with E-state index in [9.17, 15) is 9.18 Å². The minimum atomic E-state index is -0.352. The zero-order chi connectivity index (χ0) is 13.0. The summed E-state index contributed by atoms with van der Waals surface area (Å²) in [6.45, 7) is 2.08. The molecular formula is C12H12FN3O2. The second-order valence-electron chi connectivity index (χ2n) is 3.80. The molecule has 6 heteroatoms. The summed E-state index contributed by atoms with van der Waals surface area (Å²) in [6.07, 6.45) is 1.77. The Kier molecular flexibility index (Phi) is 3.66. The fraction of sp³-hybridized carbons (Fsp3) is 0.250. The fourth-order valence-electron chi connectivity index (χ4n) is 1.57. The monoisotopic (exact) mass is 249 g/mol. The highest BCUT2D eigenvalue weighted by molar-refractivity contribution is 5.95. The van der Waals surface area contributed by atoms with Crippen LogP contribution < -0.4 is 5.32 Å². The molecule has 0 bridgehead atoms. The molecule has 94 valence electrons. The number of aromatic nitrogens is 2. The van der Waals surface area contributed by atoms with Crippen molar-refractivity contribution in [1.29, 1.82) is 0 Å². The van der Waals surface area contributed by atoms with Gasteiger partial charge in [0.15, 0.2) is 6.33 Å². The number of rotatable bonds is 4. The van der Waals surface area contributed by atoms with Gasteiger partial charge in [-0.1, -0.05) is 5.16 Å². The van der Waals surface area contributed by atoms with Gasteiger partial charge in [-0.25, -0.2) is 4.39 Å². The van der Waals surface area contributed by atoms with Crippen molar-refractivity contribution in [2.24, 2.45) is 0 Å². The summed E-state index contributed by atoms with van der Waals surface area (Å²) in [7, 11) is 0. The second-order valence-corrected chi connectivity index (χ2v) is 3.80. The van der Waals surface area contributed by atoms with Crippen molar-refractivity contribution in [2.45, 2.75) is 13.3 Å². The third kappa shape index (κ3) is 2.91. The molecule has 0 unspecified atom stereocenters. The average molecular weight is 249 g/mol. The van der Waals surface area contributed by atoms with Crippen molar-refractivity contribution in [1.82, 2.24) is 15.5 Å². The maximum absolute atomic E-state index is 12.9. The van der Waals surface area contributed by atoms with E-state index in [1.54, 1.807) is 6.92 Å². The van der Waals surface area contributed by atoms with Crippen molar-refractivity contribution < 1.29 is 13.7 Å². The first-order valence-corrected chi connectivity index (χ1v) is 5.46. The number of amides is 1. The first kappa shape index (κ1) is 12.2. The number of nitrogens with zero attached hydrogens (tertiary/aromatic N) is 2. The van der Waals surface area contributed by atoms with Gasteiger partial charge in [0, 0.05) is 18.5 Å². The lowest BCUT2D eigenvalue weighted by Gasteiger charge is -2.06. The zero-order valence-corrected chi connectivity index (χ0v) is 9.81. The summed E-state index contributed by atoms with van der Waals surface area (Å²) < 4.78 is 17.7. The molecule has 0 fully saturated rings. The van der Waals surface area contributed by atoms with Gasteiger partial charge in [-0.2, -0.15) is 4.98 Å². The summed E-state index contributed by atoms with van der Waals surface area (Å²) in [5.41, 5.74) is 1.06. The van der Waals surface area contributed by atoms with E-state index in [0.717, 1.165) is 0 Å². The molecule has 2 rings (SSSR count). The van der Waals surface area contributed by atoms with Crippen molar-refractivity contribution in [3.8, 4) is 0 Å². The Hall–Kier alpha value is -2.24. The van der Waals surface area contributed by atoms with Crippen LogP contribution in [0.5, 0.6) is 0 Å². The zero-order valence-electron chi connectivity index (χ0n) is 9.81. The van der Waals surface area contributed by atoms with E-state index in [2.05, 4.69) is 15.5 Å². The van der Waals surface area contributed by atoms with E-state index in [0.29, 0.717) is 30.0 Å². The van der Waals surface area contributed by atoms with Crippen LogP contribution in [-0.4, -0.2) is 22.6 Å². The Morgan fingerprint density at radius 2 is 2.33 bits per heavy atom. The summed E-state index contributed by atoms with van der Waals surface area (Å²) in [4.78, 5) is 15.6. The number of carbonyl (C=O) groups excluding carboxylic acids is 1. The minimum Gasteiger partial charge on any atom is -0.352 e. The summed E-state index contributed by atoms with van der Waals surface area (Å²) >= 11 is 0. The van der Waals surface area contributed by atoms with E-state index in [1.807, 2.05) is 0 Å². The van der Waals surface area contributed by atoms with E-state index >= 15 is 0 Å². The summed E-state index contributed by atoms with van der Waals surface area (Å²) in [6, 6.07) is 4.06. The van der Waals surface area contributed by atoms with E-state index in [1.165, 1.54) is 24.5 Å². The molecule has 0 spiro atoms. The Bertz CT molecular complexity index is 540. The smallest absolute Gasteiger partial charge is 0.251 e. The molecule has 0 aliphatic rings. The van der Waals surface area contributed by atoms with Crippen LogP contribution in [0.3, 0.4) is 0 Å². The quantitative estimate of drug-likeness (QED) is 0.891. The lowest BCUT2D eigenvalue weighted by molar-refractivity contribution is 0.0953. The fourth-order valence-corrected chi connectivity index (χ4v) is 1.57. The molecular weight excluding hydrogens is 237 g/mol. The first-order chi connectivity index (χ1) is 8.66. The molecule has 0 saturated carbocycles. The Morgan fingerprint density at radius 3 is 3.00 bits per heavy atom. The Labute approximate surface area is 103 Å². The number of hydrogen-bond donors (Lipinski definition) is 1. The Morgan fingerprint density at radius 1 is 1.50 bits per heavy atom. The van der Waals surface area contributed by atoms with Gasteiger partial charge < -0.3 is 9.84 Å². The van der Waals surface area contributed by atoms with Gasteiger partial charge in [-0.3, -0.25) is 4.79 Å². The van der Waals surface area contributed by atoms with Crippen LogP contribution >= 0.6 is 0 Å². The van der Waals surface area contributed by atoms with Crippen LogP contribution in [0.2, 0.25) is 0 Å². The predicted octanol–water partition coefficient (Wildman–Crippen LogP) is 1.49. The number of halogens is 1. The lowest BCUT2D eigenvalue weighted by atomic mass is 10.1. The molecule has 0 radical (unpaired) electrons. The second kappa shape index (κ2) is 5.39. The van der Waals surface area contributed by atoms with Crippen LogP contribution in [0, 0.1) is 12.7 Å². The predicted molar refractivity (Wildman–Crippen MR) is 61.5 cm³/mol. The largest absolute Gasteiger partial charge is 0.352 e. The number of aryl methyl sites for hydroxylation is 1. The van der Waals surface area contributed by atoms with Crippen molar-refractivity contribution in [3.63, 3.8) is 0 Å². The molecule has 1 heterocycles. The van der Waals surface area contributed by atoms with E-state index in [4.69, 9.17) is 4.52 Å². The van der Waals surface area contributed by atoms with Gasteiger partial charge in [0.2, 0.25) is 5.89 Å². The van der Waals surface area contributed by atoms with Crippen LogP contribution in [0.25, 0.3) is 0 Å². The topological polar surface area (TPSA) is 68.0 Å². The Balaban J connectivity index is 1.91. The minimum absolute atomic E-state index is 0.244. The maximum atomic E-state index is 12.9. The lowest BCUT2D eigenvalue weighted by Crippen LogP contribution is -2.26. The van der Waals surface area contributed by atoms with Gasteiger partial charge in [0.1, 0.15) is 5.82 Å². The highest BCUT2D eigenvalue weighted by Gasteiger charge is 2.09. The van der Waals surface area contributed by atoms with Crippen molar-refractivity contribution in [2.75, 3.05) is 6.54 Å². The van der Waals surface area contributed by atoms with Crippen LogP contribution in [0.4, 0.5) is 4.39 Å². The van der Waals surface area contributed by atoms with Gasteiger partial charge in [0.05, 0.1) is 0 Å². The highest BCUT2D eigenvalue weighted by Crippen LogP contribution is 2.09. The number of carbonyl (C=O) groups is 1. The van der Waals surface area contributed by atoms with E-state index < -0.39 is 0 Å². The van der Waals surface area contributed by atoms with Gasteiger partial charge >= 0.3 is 0 Å².